The molecule has 0 saturated carbocycles. The molecule has 0 atom stereocenters. The van der Waals surface area contributed by atoms with Crippen molar-refractivity contribution in [3.05, 3.63) is 15.3 Å². The van der Waals surface area contributed by atoms with Crippen molar-refractivity contribution in [1.29, 1.82) is 0 Å². The summed E-state index contributed by atoms with van der Waals surface area (Å²) in [5.41, 5.74) is 1.10. The lowest BCUT2D eigenvalue weighted by Gasteiger charge is -1.95. The summed E-state index contributed by atoms with van der Waals surface area (Å²) in [5, 5.41) is 1.97. The van der Waals surface area contributed by atoms with Crippen LogP contribution >= 0.6 is 22.9 Å². The van der Waals surface area contributed by atoms with Gasteiger partial charge in [-0.25, -0.2) is 0 Å². The van der Waals surface area contributed by atoms with E-state index in [1.54, 1.807) is 7.11 Å². The zero-order chi connectivity index (χ0) is 6.85. The second kappa shape index (κ2) is 2.58. The predicted molar refractivity (Wildman–Crippen MR) is 40.6 cm³/mol. The van der Waals surface area contributed by atoms with E-state index < -0.39 is 0 Å². The number of halogens is 1. The van der Waals surface area contributed by atoms with Gasteiger partial charge in [-0.15, -0.1) is 11.3 Å². The summed E-state index contributed by atoms with van der Waals surface area (Å²) < 4.78 is 5.73. The largest absolute Gasteiger partial charge is 0.494 e. The van der Waals surface area contributed by atoms with Crippen molar-refractivity contribution < 1.29 is 4.74 Å². The minimum absolute atomic E-state index is 0.731. The van der Waals surface area contributed by atoms with E-state index in [4.69, 9.17) is 16.3 Å². The van der Waals surface area contributed by atoms with Crippen LogP contribution in [0.15, 0.2) is 5.38 Å². The van der Waals surface area contributed by atoms with E-state index in [1.165, 1.54) is 11.3 Å². The molecular formula is C6H7ClOS. The molecule has 50 valence electrons. The maximum atomic E-state index is 5.74. The summed E-state index contributed by atoms with van der Waals surface area (Å²) in [7, 11) is 1.63. The summed E-state index contributed by atoms with van der Waals surface area (Å²) in [6.07, 6.45) is 0. The maximum absolute atomic E-state index is 5.74. The van der Waals surface area contributed by atoms with Crippen LogP contribution in [0.1, 0.15) is 5.56 Å². The Morgan fingerprint density at radius 3 is 2.56 bits per heavy atom. The molecule has 1 heterocycles. The van der Waals surface area contributed by atoms with Gasteiger partial charge in [0.15, 0.2) is 5.75 Å². The van der Waals surface area contributed by atoms with Gasteiger partial charge in [0.2, 0.25) is 0 Å². The van der Waals surface area contributed by atoms with Gasteiger partial charge in [0.25, 0.3) is 0 Å². The Labute approximate surface area is 63.2 Å². The van der Waals surface area contributed by atoms with Crippen LogP contribution in [0.25, 0.3) is 0 Å². The SMILES string of the molecule is COc1c(C)csc1Cl. The van der Waals surface area contributed by atoms with Gasteiger partial charge in [-0.3, -0.25) is 0 Å². The van der Waals surface area contributed by atoms with Gasteiger partial charge in [-0.1, -0.05) is 11.6 Å². The molecule has 0 N–H and O–H groups in total. The van der Waals surface area contributed by atoms with Gasteiger partial charge < -0.3 is 4.74 Å². The van der Waals surface area contributed by atoms with Crippen molar-refractivity contribution >= 4 is 22.9 Å². The van der Waals surface area contributed by atoms with E-state index in [1.807, 2.05) is 12.3 Å². The Hall–Kier alpha value is -0.210. The monoisotopic (exact) mass is 162 g/mol. The van der Waals surface area contributed by atoms with Crippen molar-refractivity contribution in [3.8, 4) is 5.75 Å². The Balaban J connectivity index is 3.07. The smallest absolute Gasteiger partial charge is 0.151 e. The van der Waals surface area contributed by atoms with Crippen LogP contribution < -0.4 is 4.74 Å². The molecule has 0 spiro atoms. The van der Waals surface area contributed by atoms with Crippen LogP contribution in [0, 0.1) is 6.92 Å². The molecule has 0 aliphatic rings. The normalized spacial score (nSPS) is 9.67. The van der Waals surface area contributed by atoms with E-state index in [9.17, 15) is 0 Å². The van der Waals surface area contributed by atoms with Gasteiger partial charge in [-0.2, -0.15) is 0 Å². The first kappa shape index (κ1) is 6.90. The zero-order valence-electron chi connectivity index (χ0n) is 5.27. The molecule has 0 aromatic carbocycles. The van der Waals surface area contributed by atoms with E-state index in [0.717, 1.165) is 15.6 Å². The summed E-state index contributed by atoms with van der Waals surface area (Å²) in [4.78, 5) is 0. The molecular weight excluding hydrogens is 156 g/mol. The fraction of sp³-hybridized carbons (Fsp3) is 0.333. The summed E-state index contributed by atoms with van der Waals surface area (Å²) in [5.74, 6) is 0.807. The number of thiophene rings is 1. The molecule has 0 amide bonds. The van der Waals surface area contributed by atoms with E-state index >= 15 is 0 Å². The van der Waals surface area contributed by atoms with Crippen molar-refractivity contribution in [2.45, 2.75) is 6.92 Å². The lowest BCUT2D eigenvalue weighted by molar-refractivity contribution is 0.414. The first-order chi connectivity index (χ1) is 4.25. The molecule has 0 saturated heterocycles. The predicted octanol–water partition coefficient (Wildman–Crippen LogP) is 2.72. The molecule has 0 bridgehead atoms. The number of hydrogen-bond acceptors (Lipinski definition) is 2. The molecule has 9 heavy (non-hydrogen) atoms. The Morgan fingerprint density at radius 1 is 1.67 bits per heavy atom. The Bertz CT molecular complexity index is 187. The van der Waals surface area contributed by atoms with Gasteiger partial charge in [0.05, 0.1) is 7.11 Å². The van der Waals surface area contributed by atoms with Crippen molar-refractivity contribution in [3.63, 3.8) is 0 Å². The number of ether oxygens (including phenoxy) is 1. The second-order valence-electron chi connectivity index (χ2n) is 1.73. The first-order valence-electron chi connectivity index (χ1n) is 2.53. The van der Waals surface area contributed by atoms with Crippen LogP contribution in [-0.4, -0.2) is 7.11 Å². The van der Waals surface area contributed by atoms with Crippen LogP contribution in [0.5, 0.6) is 5.75 Å². The van der Waals surface area contributed by atoms with E-state index in [0.29, 0.717) is 0 Å². The molecule has 0 aliphatic carbocycles. The highest BCUT2D eigenvalue weighted by atomic mass is 35.5. The molecule has 1 aromatic rings. The molecule has 0 fully saturated rings. The van der Waals surface area contributed by atoms with Crippen molar-refractivity contribution in [2.75, 3.05) is 7.11 Å². The molecule has 1 aromatic heterocycles. The maximum Gasteiger partial charge on any atom is 0.151 e. The summed E-state index contributed by atoms with van der Waals surface area (Å²) in [6, 6.07) is 0. The Morgan fingerprint density at radius 2 is 2.33 bits per heavy atom. The number of methoxy groups -OCH3 is 1. The van der Waals surface area contributed by atoms with Gasteiger partial charge in [0, 0.05) is 5.56 Å². The van der Waals surface area contributed by atoms with Crippen molar-refractivity contribution in [1.82, 2.24) is 0 Å². The zero-order valence-corrected chi connectivity index (χ0v) is 6.84. The van der Waals surface area contributed by atoms with Crippen LogP contribution in [0.2, 0.25) is 4.34 Å². The summed E-state index contributed by atoms with van der Waals surface area (Å²) >= 11 is 7.23. The second-order valence-corrected chi connectivity index (χ2v) is 3.21. The minimum Gasteiger partial charge on any atom is -0.494 e. The first-order valence-corrected chi connectivity index (χ1v) is 3.79. The van der Waals surface area contributed by atoms with E-state index in [2.05, 4.69) is 0 Å². The third-order valence-corrected chi connectivity index (χ3v) is 2.38. The molecule has 1 rings (SSSR count). The molecule has 1 nitrogen and oxygen atoms in total. The fourth-order valence-corrected chi connectivity index (χ4v) is 1.74. The third-order valence-electron chi connectivity index (χ3n) is 1.08. The highest BCUT2D eigenvalue weighted by molar-refractivity contribution is 7.14. The highest BCUT2D eigenvalue weighted by Gasteiger charge is 2.04. The highest BCUT2D eigenvalue weighted by Crippen LogP contribution is 2.33. The fourth-order valence-electron chi connectivity index (χ4n) is 0.643. The lowest BCUT2D eigenvalue weighted by Crippen LogP contribution is -1.81. The Kier molecular flexibility index (Phi) is 1.98. The van der Waals surface area contributed by atoms with E-state index in [-0.39, 0.29) is 0 Å². The number of rotatable bonds is 1. The van der Waals surface area contributed by atoms with Gasteiger partial charge in [-0.05, 0) is 12.3 Å². The van der Waals surface area contributed by atoms with Crippen molar-refractivity contribution in [2.24, 2.45) is 0 Å². The average Bonchev–Trinajstić information content (AvgIpc) is 2.12. The quantitative estimate of drug-likeness (QED) is 0.617. The molecule has 3 heteroatoms. The van der Waals surface area contributed by atoms with Crippen LogP contribution in [0.3, 0.4) is 0 Å². The number of aryl methyl sites for hydroxylation is 1. The minimum atomic E-state index is 0.731. The van der Waals surface area contributed by atoms with Gasteiger partial charge >= 0.3 is 0 Å². The average molecular weight is 163 g/mol. The van der Waals surface area contributed by atoms with Crippen LogP contribution in [0.4, 0.5) is 0 Å². The topological polar surface area (TPSA) is 9.23 Å². The third kappa shape index (κ3) is 1.19. The molecule has 0 unspecified atom stereocenters. The van der Waals surface area contributed by atoms with Crippen LogP contribution in [-0.2, 0) is 0 Å². The standard InChI is InChI=1S/C6H7ClOS/c1-4-3-9-6(7)5(4)8-2/h3H,1-2H3. The number of hydrogen-bond donors (Lipinski definition) is 0. The van der Waals surface area contributed by atoms with Gasteiger partial charge in [0.1, 0.15) is 4.34 Å². The molecule has 0 aliphatic heterocycles. The summed E-state index contributed by atoms with van der Waals surface area (Å²) in [6.45, 7) is 1.97. The lowest BCUT2D eigenvalue weighted by atomic mass is 10.4. The molecule has 0 radical (unpaired) electrons.